The zero-order valence-corrected chi connectivity index (χ0v) is 14.3. The van der Waals surface area contributed by atoms with Crippen LogP contribution in [0.2, 0.25) is 0 Å². The molecule has 1 N–H and O–H groups in total. The largest absolute Gasteiger partial charge is 0.378 e. The number of aromatic nitrogens is 2. The minimum atomic E-state index is 0.363. The van der Waals surface area contributed by atoms with Crippen molar-refractivity contribution in [2.24, 2.45) is 0 Å². The highest BCUT2D eigenvalue weighted by Crippen LogP contribution is 2.33. The standard InChI is InChI=1S/C16H18IN3O/c1-18-16-14(17)13(9-21-2)19-15(20-16)12-7-10-5-3-4-6-11(10)8-12/h3-6,12H,7-9H2,1-2H3,(H,18,19,20). The second-order valence-electron chi connectivity index (χ2n) is 5.25. The van der Waals surface area contributed by atoms with Crippen LogP contribution in [0.1, 0.15) is 28.6 Å². The molecule has 1 aliphatic carbocycles. The summed E-state index contributed by atoms with van der Waals surface area (Å²) in [6.07, 6.45) is 2.04. The molecule has 1 heterocycles. The first kappa shape index (κ1) is 14.7. The third kappa shape index (κ3) is 2.89. The summed E-state index contributed by atoms with van der Waals surface area (Å²) < 4.78 is 6.30. The minimum absolute atomic E-state index is 0.363. The lowest BCUT2D eigenvalue weighted by molar-refractivity contribution is 0.180. The van der Waals surface area contributed by atoms with Gasteiger partial charge in [-0.1, -0.05) is 24.3 Å². The molecule has 3 rings (SSSR count). The third-order valence-electron chi connectivity index (χ3n) is 3.87. The molecule has 0 bridgehead atoms. The van der Waals surface area contributed by atoms with Crippen molar-refractivity contribution in [1.82, 2.24) is 9.97 Å². The molecule has 0 amide bonds. The summed E-state index contributed by atoms with van der Waals surface area (Å²) in [7, 11) is 3.59. The number of methoxy groups -OCH3 is 1. The predicted octanol–water partition coefficient (Wildman–Crippen LogP) is 3.15. The maximum atomic E-state index is 5.26. The van der Waals surface area contributed by atoms with Crippen molar-refractivity contribution in [2.75, 3.05) is 19.5 Å². The lowest BCUT2D eigenvalue weighted by atomic mass is 10.1. The van der Waals surface area contributed by atoms with Crippen molar-refractivity contribution in [3.63, 3.8) is 0 Å². The Kier molecular flexibility index (Phi) is 4.40. The normalized spacial score (nSPS) is 14.2. The van der Waals surface area contributed by atoms with Gasteiger partial charge in [0.1, 0.15) is 11.6 Å². The van der Waals surface area contributed by atoms with Gasteiger partial charge < -0.3 is 10.1 Å². The number of halogens is 1. The molecule has 21 heavy (non-hydrogen) atoms. The zero-order valence-electron chi connectivity index (χ0n) is 12.2. The molecule has 2 aromatic rings. The first-order valence-corrected chi connectivity index (χ1v) is 8.10. The first-order valence-electron chi connectivity index (χ1n) is 7.02. The highest BCUT2D eigenvalue weighted by atomic mass is 127. The molecule has 0 atom stereocenters. The molecule has 5 heteroatoms. The molecule has 0 unspecified atom stereocenters. The summed E-state index contributed by atoms with van der Waals surface area (Å²) >= 11 is 2.28. The topological polar surface area (TPSA) is 47.0 Å². The van der Waals surface area contributed by atoms with E-state index in [0.717, 1.165) is 33.7 Å². The summed E-state index contributed by atoms with van der Waals surface area (Å²) in [5.41, 5.74) is 3.80. The molecule has 1 aromatic carbocycles. The van der Waals surface area contributed by atoms with Crippen LogP contribution in [0.15, 0.2) is 24.3 Å². The number of ether oxygens (including phenoxy) is 1. The number of rotatable bonds is 4. The Morgan fingerprint density at radius 2 is 1.90 bits per heavy atom. The van der Waals surface area contributed by atoms with Crippen LogP contribution >= 0.6 is 22.6 Å². The number of benzene rings is 1. The number of nitrogens with zero attached hydrogens (tertiary/aromatic N) is 2. The van der Waals surface area contributed by atoms with Crippen molar-refractivity contribution in [3.05, 3.63) is 50.5 Å². The summed E-state index contributed by atoms with van der Waals surface area (Å²) in [6, 6.07) is 8.62. The molecule has 4 nitrogen and oxygen atoms in total. The number of hydrogen-bond donors (Lipinski definition) is 1. The Bertz CT molecular complexity index is 635. The van der Waals surface area contributed by atoms with Crippen LogP contribution in [-0.4, -0.2) is 24.1 Å². The van der Waals surface area contributed by atoms with Crippen molar-refractivity contribution in [1.29, 1.82) is 0 Å². The molecule has 0 aliphatic heterocycles. The Morgan fingerprint density at radius 1 is 1.24 bits per heavy atom. The molecule has 0 spiro atoms. The van der Waals surface area contributed by atoms with Crippen LogP contribution in [0.5, 0.6) is 0 Å². The maximum absolute atomic E-state index is 5.26. The lowest BCUT2D eigenvalue weighted by Crippen LogP contribution is -2.12. The Balaban J connectivity index is 1.95. The van der Waals surface area contributed by atoms with Crippen LogP contribution in [0, 0.1) is 3.57 Å². The number of anilines is 1. The molecule has 0 fully saturated rings. The fourth-order valence-corrected chi connectivity index (χ4v) is 3.50. The van der Waals surface area contributed by atoms with Gasteiger partial charge in [-0.05, 0) is 46.6 Å². The number of fused-ring (bicyclic) bond motifs is 1. The van der Waals surface area contributed by atoms with E-state index in [1.807, 2.05) is 7.05 Å². The van der Waals surface area contributed by atoms with E-state index >= 15 is 0 Å². The quantitative estimate of drug-likeness (QED) is 0.809. The zero-order chi connectivity index (χ0) is 14.8. The van der Waals surface area contributed by atoms with E-state index in [4.69, 9.17) is 14.7 Å². The van der Waals surface area contributed by atoms with E-state index < -0.39 is 0 Å². The summed E-state index contributed by atoms with van der Waals surface area (Å²) in [4.78, 5) is 9.47. The van der Waals surface area contributed by atoms with Gasteiger partial charge in [0.25, 0.3) is 0 Å². The molecule has 0 saturated heterocycles. The second-order valence-corrected chi connectivity index (χ2v) is 6.33. The molecule has 1 aliphatic rings. The third-order valence-corrected chi connectivity index (χ3v) is 5.00. The average molecular weight is 395 g/mol. The Morgan fingerprint density at radius 3 is 2.48 bits per heavy atom. The van der Waals surface area contributed by atoms with Crippen molar-refractivity contribution in [3.8, 4) is 0 Å². The monoisotopic (exact) mass is 395 g/mol. The van der Waals surface area contributed by atoms with Crippen molar-refractivity contribution >= 4 is 28.4 Å². The molecule has 0 saturated carbocycles. The van der Waals surface area contributed by atoms with Gasteiger partial charge in [0.05, 0.1) is 15.9 Å². The number of hydrogen-bond acceptors (Lipinski definition) is 4. The van der Waals surface area contributed by atoms with Gasteiger partial charge in [-0.25, -0.2) is 9.97 Å². The Labute approximate surface area is 138 Å². The SMILES string of the molecule is CNc1nc(C2Cc3ccccc3C2)nc(COC)c1I. The van der Waals surface area contributed by atoms with Crippen molar-refractivity contribution in [2.45, 2.75) is 25.4 Å². The van der Waals surface area contributed by atoms with E-state index in [1.165, 1.54) is 11.1 Å². The fourth-order valence-electron chi connectivity index (χ4n) is 2.83. The van der Waals surface area contributed by atoms with Gasteiger partial charge in [0.15, 0.2) is 0 Å². The number of nitrogens with one attached hydrogen (secondary N) is 1. The van der Waals surface area contributed by atoms with Gasteiger partial charge in [0, 0.05) is 20.1 Å². The van der Waals surface area contributed by atoms with Crippen LogP contribution in [-0.2, 0) is 24.2 Å². The van der Waals surface area contributed by atoms with E-state index in [9.17, 15) is 0 Å². The van der Waals surface area contributed by atoms with Crippen LogP contribution in [0.4, 0.5) is 5.82 Å². The van der Waals surface area contributed by atoms with Crippen LogP contribution in [0.25, 0.3) is 0 Å². The van der Waals surface area contributed by atoms with Gasteiger partial charge >= 0.3 is 0 Å². The molecule has 110 valence electrons. The van der Waals surface area contributed by atoms with Crippen molar-refractivity contribution < 1.29 is 4.74 Å². The van der Waals surface area contributed by atoms with Crippen LogP contribution < -0.4 is 5.32 Å². The molecular weight excluding hydrogens is 377 g/mol. The highest BCUT2D eigenvalue weighted by molar-refractivity contribution is 14.1. The molecule has 0 radical (unpaired) electrons. The minimum Gasteiger partial charge on any atom is -0.378 e. The van der Waals surface area contributed by atoms with E-state index in [-0.39, 0.29) is 0 Å². The van der Waals surface area contributed by atoms with E-state index in [0.29, 0.717) is 12.5 Å². The van der Waals surface area contributed by atoms with Gasteiger partial charge in [-0.3, -0.25) is 0 Å². The maximum Gasteiger partial charge on any atom is 0.143 e. The molecule has 1 aromatic heterocycles. The summed E-state index contributed by atoms with van der Waals surface area (Å²) in [5.74, 6) is 2.17. The Hall–Kier alpha value is -1.21. The van der Waals surface area contributed by atoms with Gasteiger partial charge in [0.2, 0.25) is 0 Å². The summed E-state index contributed by atoms with van der Waals surface area (Å²) in [6.45, 7) is 0.516. The highest BCUT2D eigenvalue weighted by Gasteiger charge is 2.26. The lowest BCUT2D eigenvalue weighted by Gasteiger charge is -2.14. The fraction of sp³-hybridized carbons (Fsp3) is 0.375. The average Bonchev–Trinajstić information content (AvgIpc) is 2.93. The summed E-state index contributed by atoms with van der Waals surface area (Å²) in [5, 5.41) is 3.16. The smallest absolute Gasteiger partial charge is 0.143 e. The van der Waals surface area contributed by atoms with Gasteiger partial charge in [-0.2, -0.15) is 0 Å². The second kappa shape index (κ2) is 6.27. The van der Waals surface area contributed by atoms with Gasteiger partial charge in [-0.15, -0.1) is 0 Å². The van der Waals surface area contributed by atoms with Crippen LogP contribution in [0.3, 0.4) is 0 Å². The first-order chi connectivity index (χ1) is 10.2. The van der Waals surface area contributed by atoms with E-state index in [2.05, 4.69) is 52.2 Å². The molecular formula is C16H18IN3O. The van der Waals surface area contributed by atoms with E-state index in [1.54, 1.807) is 7.11 Å². The predicted molar refractivity (Wildman–Crippen MR) is 91.6 cm³/mol.